The fourth-order valence-corrected chi connectivity index (χ4v) is 2.35. The van der Waals surface area contributed by atoms with Crippen LogP contribution in [0.3, 0.4) is 0 Å². The van der Waals surface area contributed by atoms with Gasteiger partial charge in [-0.15, -0.1) is 0 Å². The second kappa shape index (κ2) is 5.43. The number of halogens is 1. The third kappa shape index (κ3) is 2.70. The number of hydrogen-bond acceptors (Lipinski definition) is 3. The molecule has 0 bridgehead atoms. The Bertz CT molecular complexity index is 661. The highest BCUT2D eigenvalue weighted by molar-refractivity contribution is 6.30. The van der Waals surface area contributed by atoms with E-state index in [0.29, 0.717) is 16.5 Å². The first kappa shape index (κ1) is 14.2. The minimum absolute atomic E-state index is 0.249. The molecule has 2 aromatic carbocycles. The SMILES string of the molecule is Cc1cc(Cl)cc(C)c1Oc1c(N)cccc1C(N)=O. The number of rotatable bonds is 3. The van der Waals surface area contributed by atoms with Crippen LogP contribution in [-0.4, -0.2) is 5.91 Å². The first-order valence-corrected chi connectivity index (χ1v) is 6.41. The van der Waals surface area contributed by atoms with E-state index in [1.807, 2.05) is 13.8 Å². The summed E-state index contributed by atoms with van der Waals surface area (Å²) >= 11 is 5.98. The van der Waals surface area contributed by atoms with Crippen LogP contribution in [0.1, 0.15) is 21.5 Å². The van der Waals surface area contributed by atoms with E-state index in [1.165, 1.54) is 0 Å². The Hall–Kier alpha value is -2.20. The van der Waals surface area contributed by atoms with Crippen LogP contribution in [0, 0.1) is 13.8 Å². The van der Waals surface area contributed by atoms with Crippen molar-refractivity contribution in [3.05, 3.63) is 52.0 Å². The van der Waals surface area contributed by atoms with Crippen molar-refractivity contribution in [2.45, 2.75) is 13.8 Å². The summed E-state index contributed by atoms with van der Waals surface area (Å²) < 4.78 is 5.83. The molecule has 0 spiro atoms. The molecule has 0 saturated heterocycles. The summed E-state index contributed by atoms with van der Waals surface area (Å²) in [6, 6.07) is 8.46. The standard InChI is InChI=1S/C15H15ClN2O2/c1-8-6-10(16)7-9(2)13(8)20-14-11(15(18)19)4-3-5-12(14)17/h3-7H,17H2,1-2H3,(H2,18,19). The van der Waals surface area contributed by atoms with Gasteiger partial charge in [-0.05, 0) is 49.2 Å². The van der Waals surface area contributed by atoms with Gasteiger partial charge < -0.3 is 16.2 Å². The van der Waals surface area contributed by atoms with Crippen molar-refractivity contribution in [2.75, 3.05) is 5.73 Å². The van der Waals surface area contributed by atoms with Gasteiger partial charge in [0.25, 0.3) is 5.91 Å². The van der Waals surface area contributed by atoms with Gasteiger partial charge >= 0.3 is 0 Å². The number of anilines is 1. The molecule has 104 valence electrons. The van der Waals surface area contributed by atoms with Crippen molar-refractivity contribution in [2.24, 2.45) is 5.73 Å². The second-order valence-electron chi connectivity index (χ2n) is 4.56. The molecule has 4 N–H and O–H groups in total. The van der Waals surface area contributed by atoms with Gasteiger partial charge in [0.2, 0.25) is 0 Å². The Morgan fingerprint density at radius 3 is 2.30 bits per heavy atom. The molecule has 2 rings (SSSR count). The normalized spacial score (nSPS) is 10.3. The largest absolute Gasteiger partial charge is 0.454 e. The molecule has 2 aromatic rings. The minimum atomic E-state index is -0.587. The molecule has 20 heavy (non-hydrogen) atoms. The first-order chi connectivity index (χ1) is 9.40. The fraction of sp³-hybridized carbons (Fsp3) is 0.133. The maximum Gasteiger partial charge on any atom is 0.252 e. The first-order valence-electron chi connectivity index (χ1n) is 6.03. The predicted molar refractivity (Wildman–Crippen MR) is 80.4 cm³/mol. The van der Waals surface area contributed by atoms with Crippen LogP contribution in [-0.2, 0) is 0 Å². The van der Waals surface area contributed by atoms with Gasteiger partial charge in [-0.25, -0.2) is 0 Å². The zero-order valence-electron chi connectivity index (χ0n) is 11.2. The van der Waals surface area contributed by atoms with Crippen LogP contribution in [0.2, 0.25) is 5.02 Å². The Kier molecular flexibility index (Phi) is 3.86. The maximum absolute atomic E-state index is 11.5. The van der Waals surface area contributed by atoms with Crippen LogP contribution in [0.15, 0.2) is 30.3 Å². The molecule has 0 unspecified atom stereocenters. The maximum atomic E-state index is 11.5. The second-order valence-corrected chi connectivity index (χ2v) is 5.00. The molecule has 0 radical (unpaired) electrons. The Labute approximate surface area is 122 Å². The van der Waals surface area contributed by atoms with Gasteiger partial charge in [0.1, 0.15) is 5.75 Å². The van der Waals surface area contributed by atoms with E-state index in [-0.39, 0.29) is 11.3 Å². The third-order valence-electron chi connectivity index (χ3n) is 2.94. The zero-order chi connectivity index (χ0) is 14.9. The average molecular weight is 291 g/mol. The topological polar surface area (TPSA) is 78.3 Å². The van der Waals surface area contributed by atoms with Crippen molar-refractivity contribution in [1.82, 2.24) is 0 Å². The van der Waals surface area contributed by atoms with Gasteiger partial charge in [-0.2, -0.15) is 0 Å². The number of benzene rings is 2. The Balaban J connectivity index is 2.53. The van der Waals surface area contributed by atoms with Gasteiger partial charge in [-0.3, -0.25) is 4.79 Å². The molecule has 5 heteroatoms. The van der Waals surface area contributed by atoms with Crippen LogP contribution < -0.4 is 16.2 Å². The number of carbonyl (C=O) groups excluding carboxylic acids is 1. The van der Waals surface area contributed by atoms with E-state index in [4.69, 9.17) is 27.8 Å². The molecular weight excluding hydrogens is 276 g/mol. The van der Waals surface area contributed by atoms with Crippen molar-refractivity contribution in [3.8, 4) is 11.5 Å². The van der Waals surface area contributed by atoms with Crippen molar-refractivity contribution in [3.63, 3.8) is 0 Å². The number of primary amides is 1. The lowest BCUT2D eigenvalue weighted by atomic mass is 10.1. The number of ether oxygens (including phenoxy) is 1. The molecule has 0 aliphatic rings. The molecule has 4 nitrogen and oxygen atoms in total. The molecule has 0 saturated carbocycles. The molecule has 0 heterocycles. The lowest BCUT2D eigenvalue weighted by Gasteiger charge is -2.15. The summed E-state index contributed by atoms with van der Waals surface area (Å²) in [6.07, 6.45) is 0. The van der Waals surface area contributed by atoms with Crippen molar-refractivity contribution >= 4 is 23.2 Å². The van der Waals surface area contributed by atoms with Crippen LogP contribution in [0.25, 0.3) is 0 Å². The fourth-order valence-electron chi connectivity index (χ4n) is 2.02. The molecule has 0 aromatic heterocycles. The zero-order valence-corrected chi connectivity index (χ0v) is 12.0. The lowest BCUT2D eigenvalue weighted by Crippen LogP contribution is -2.13. The summed E-state index contributed by atoms with van der Waals surface area (Å²) in [6.45, 7) is 3.74. The van der Waals surface area contributed by atoms with E-state index in [1.54, 1.807) is 30.3 Å². The van der Waals surface area contributed by atoms with E-state index >= 15 is 0 Å². The monoisotopic (exact) mass is 290 g/mol. The Morgan fingerprint density at radius 2 is 1.75 bits per heavy atom. The summed E-state index contributed by atoms with van der Waals surface area (Å²) in [4.78, 5) is 11.5. The predicted octanol–water partition coefficient (Wildman–Crippen LogP) is 3.43. The molecule has 0 aliphatic heterocycles. The summed E-state index contributed by atoms with van der Waals surface area (Å²) in [5.74, 6) is 0.305. The third-order valence-corrected chi connectivity index (χ3v) is 3.16. The van der Waals surface area contributed by atoms with Crippen molar-refractivity contribution in [1.29, 1.82) is 0 Å². The number of nitrogen functional groups attached to an aromatic ring is 1. The number of aryl methyl sites for hydroxylation is 2. The average Bonchev–Trinajstić information content (AvgIpc) is 2.34. The van der Waals surface area contributed by atoms with Crippen molar-refractivity contribution < 1.29 is 9.53 Å². The number of nitrogens with two attached hydrogens (primary N) is 2. The number of hydrogen-bond donors (Lipinski definition) is 2. The van der Waals surface area contributed by atoms with Crippen LogP contribution in [0.5, 0.6) is 11.5 Å². The molecular formula is C15H15ClN2O2. The number of amides is 1. The van der Waals surface area contributed by atoms with Crippen LogP contribution in [0.4, 0.5) is 5.69 Å². The van der Waals surface area contributed by atoms with E-state index in [0.717, 1.165) is 11.1 Å². The highest BCUT2D eigenvalue weighted by Crippen LogP contribution is 2.36. The highest BCUT2D eigenvalue weighted by atomic mass is 35.5. The van der Waals surface area contributed by atoms with E-state index in [9.17, 15) is 4.79 Å². The molecule has 0 aliphatic carbocycles. The minimum Gasteiger partial charge on any atom is -0.454 e. The van der Waals surface area contributed by atoms with E-state index in [2.05, 4.69) is 0 Å². The quantitative estimate of drug-likeness (QED) is 0.850. The van der Waals surface area contributed by atoms with Gasteiger partial charge in [0, 0.05) is 5.02 Å². The smallest absolute Gasteiger partial charge is 0.252 e. The van der Waals surface area contributed by atoms with Gasteiger partial charge in [0.15, 0.2) is 5.75 Å². The lowest BCUT2D eigenvalue weighted by molar-refractivity contribution is 0.0998. The van der Waals surface area contributed by atoms with E-state index < -0.39 is 5.91 Å². The molecule has 1 amide bonds. The van der Waals surface area contributed by atoms with Gasteiger partial charge in [0.05, 0.1) is 11.3 Å². The number of para-hydroxylation sites is 1. The number of carbonyl (C=O) groups is 1. The van der Waals surface area contributed by atoms with Crippen LogP contribution >= 0.6 is 11.6 Å². The summed E-state index contributed by atoms with van der Waals surface area (Å²) in [5.41, 5.74) is 13.5. The summed E-state index contributed by atoms with van der Waals surface area (Å²) in [7, 11) is 0. The highest BCUT2D eigenvalue weighted by Gasteiger charge is 2.15. The van der Waals surface area contributed by atoms with Gasteiger partial charge in [-0.1, -0.05) is 17.7 Å². The Morgan fingerprint density at radius 1 is 1.15 bits per heavy atom. The summed E-state index contributed by atoms with van der Waals surface area (Å²) in [5, 5.41) is 0.628. The molecule has 0 fully saturated rings. The molecule has 0 atom stereocenters.